The van der Waals surface area contributed by atoms with Crippen molar-refractivity contribution >= 4 is 11.7 Å². The summed E-state index contributed by atoms with van der Waals surface area (Å²) in [5.74, 6) is -1.53. The van der Waals surface area contributed by atoms with E-state index in [1.54, 1.807) is 6.07 Å². The molecule has 2 atom stereocenters. The lowest BCUT2D eigenvalue weighted by Gasteiger charge is -2.28. The number of fused-ring (bicyclic) bond motifs is 2. The monoisotopic (exact) mass is 278 g/mol. The molecule has 4 nitrogen and oxygen atoms in total. The zero-order valence-corrected chi connectivity index (χ0v) is 11.6. The van der Waals surface area contributed by atoms with E-state index in [4.69, 9.17) is 5.11 Å². The molecule has 2 bridgehead atoms. The van der Waals surface area contributed by atoms with Crippen LogP contribution in [0.25, 0.3) is 0 Å². The van der Waals surface area contributed by atoms with Gasteiger partial charge in [0.05, 0.1) is 11.3 Å². The van der Waals surface area contributed by atoms with Crippen LogP contribution in [0.5, 0.6) is 0 Å². The van der Waals surface area contributed by atoms with Crippen LogP contribution in [0.15, 0.2) is 18.2 Å². The molecule has 2 saturated heterocycles. The fraction of sp³-hybridized carbons (Fsp3) is 0.533. The minimum Gasteiger partial charge on any atom is -0.478 e. The molecule has 1 aromatic rings. The summed E-state index contributed by atoms with van der Waals surface area (Å²) in [6.07, 6.45) is 3.43. The van der Waals surface area contributed by atoms with Crippen LogP contribution in [0, 0.1) is 5.82 Å². The van der Waals surface area contributed by atoms with Crippen molar-refractivity contribution in [2.45, 2.75) is 31.3 Å². The first-order valence-corrected chi connectivity index (χ1v) is 7.06. The standard InChI is InChI=1S/C15H19FN2O2/c1-17-11-3-4-12(17)9-18(7-6-11)14-5-2-10(15(19)20)8-13(14)16/h2,5,8,11-12H,3-4,6-7,9H2,1H3,(H,19,20). The van der Waals surface area contributed by atoms with Crippen molar-refractivity contribution in [1.29, 1.82) is 0 Å². The van der Waals surface area contributed by atoms with Crippen LogP contribution in [0.1, 0.15) is 29.6 Å². The van der Waals surface area contributed by atoms with Crippen molar-refractivity contribution in [3.8, 4) is 0 Å². The topological polar surface area (TPSA) is 43.8 Å². The van der Waals surface area contributed by atoms with Gasteiger partial charge in [0.15, 0.2) is 0 Å². The fourth-order valence-electron chi connectivity index (χ4n) is 3.42. The summed E-state index contributed by atoms with van der Waals surface area (Å²) in [6.45, 7) is 1.64. The van der Waals surface area contributed by atoms with Crippen LogP contribution in [-0.4, -0.2) is 48.2 Å². The van der Waals surface area contributed by atoms with E-state index in [1.807, 2.05) is 0 Å². The summed E-state index contributed by atoms with van der Waals surface area (Å²) in [6, 6.07) is 5.27. The molecule has 0 saturated carbocycles. The third kappa shape index (κ3) is 2.26. The van der Waals surface area contributed by atoms with Crippen LogP contribution < -0.4 is 4.90 Å². The average Bonchev–Trinajstić information content (AvgIpc) is 2.64. The van der Waals surface area contributed by atoms with Gasteiger partial charge in [-0.2, -0.15) is 0 Å². The molecule has 0 radical (unpaired) electrons. The number of nitrogens with zero attached hydrogens (tertiary/aromatic N) is 2. The highest BCUT2D eigenvalue weighted by Gasteiger charge is 2.35. The van der Waals surface area contributed by atoms with Crippen molar-refractivity contribution in [2.75, 3.05) is 25.0 Å². The van der Waals surface area contributed by atoms with E-state index in [1.165, 1.54) is 12.5 Å². The molecule has 20 heavy (non-hydrogen) atoms. The Morgan fingerprint density at radius 3 is 2.75 bits per heavy atom. The molecule has 0 aromatic heterocycles. The second-order valence-corrected chi connectivity index (χ2v) is 5.76. The Morgan fingerprint density at radius 2 is 2.05 bits per heavy atom. The van der Waals surface area contributed by atoms with Gasteiger partial charge in [-0.05, 0) is 44.5 Å². The number of carboxylic acids is 1. The van der Waals surface area contributed by atoms with Crippen LogP contribution in [0.3, 0.4) is 0 Å². The molecular formula is C15H19FN2O2. The fourth-order valence-corrected chi connectivity index (χ4v) is 3.42. The van der Waals surface area contributed by atoms with Crippen LogP contribution in [0.4, 0.5) is 10.1 Å². The molecule has 1 aromatic carbocycles. The summed E-state index contributed by atoms with van der Waals surface area (Å²) in [5, 5.41) is 8.89. The Hall–Kier alpha value is -1.62. The zero-order chi connectivity index (χ0) is 14.3. The molecule has 2 unspecified atom stereocenters. The number of hydrogen-bond donors (Lipinski definition) is 1. The van der Waals surface area contributed by atoms with E-state index in [-0.39, 0.29) is 5.56 Å². The van der Waals surface area contributed by atoms with Gasteiger partial charge in [-0.3, -0.25) is 4.90 Å². The van der Waals surface area contributed by atoms with Gasteiger partial charge in [0.25, 0.3) is 0 Å². The van der Waals surface area contributed by atoms with E-state index in [9.17, 15) is 9.18 Å². The van der Waals surface area contributed by atoms with Crippen molar-refractivity contribution in [3.63, 3.8) is 0 Å². The highest BCUT2D eigenvalue weighted by molar-refractivity contribution is 5.88. The Kier molecular flexibility index (Phi) is 3.38. The smallest absolute Gasteiger partial charge is 0.335 e. The van der Waals surface area contributed by atoms with E-state index in [2.05, 4.69) is 16.8 Å². The molecule has 0 aliphatic carbocycles. The molecular weight excluding hydrogens is 259 g/mol. The maximum Gasteiger partial charge on any atom is 0.335 e. The number of hydrogen-bond acceptors (Lipinski definition) is 3. The zero-order valence-electron chi connectivity index (χ0n) is 11.6. The van der Waals surface area contributed by atoms with Gasteiger partial charge < -0.3 is 10.0 Å². The summed E-state index contributed by atoms with van der Waals surface area (Å²) < 4.78 is 14.1. The Bertz CT molecular complexity index is 535. The van der Waals surface area contributed by atoms with E-state index in [0.717, 1.165) is 32.0 Å². The van der Waals surface area contributed by atoms with Crippen LogP contribution >= 0.6 is 0 Å². The maximum absolute atomic E-state index is 14.1. The SMILES string of the molecule is CN1C2CCC1CN(c1ccc(C(=O)O)cc1F)CC2. The number of carboxylic acid groups (broad SMARTS) is 1. The van der Waals surface area contributed by atoms with E-state index < -0.39 is 11.8 Å². The number of likely N-dealkylation sites (N-methyl/N-ethyl adjacent to an activating group) is 1. The largest absolute Gasteiger partial charge is 0.478 e. The lowest BCUT2D eigenvalue weighted by Crippen LogP contribution is -2.37. The summed E-state index contributed by atoms with van der Waals surface area (Å²) >= 11 is 0. The Balaban J connectivity index is 1.84. The van der Waals surface area contributed by atoms with Gasteiger partial charge in [0, 0.05) is 25.2 Å². The van der Waals surface area contributed by atoms with Crippen molar-refractivity contribution < 1.29 is 14.3 Å². The Labute approximate surface area is 117 Å². The van der Waals surface area contributed by atoms with Gasteiger partial charge in [-0.1, -0.05) is 0 Å². The van der Waals surface area contributed by atoms with Crippen LogP contribution in [-0.2, 0) is 0 Å². The first-order valence-electron chi connectivity index (χ1n) is 7.06. The quantitative estimate of drug-likeness (QED) is 0.900. The third-order valence-electron chi connectivity index (χ3n) is 4.68. The Morgan fingerprint density at radius 1 is 1.30 bits per heavy atom. The lowest BCUT2D eigenvalue weighted by molar-refractivity contribution is 0.0696. The minimum atomic E-state index is -1.09. The van der Waals surface area contributed by atoms with Gasteiger partial charge in [-0.25, -0.2) is 9.18 Å². The van der Waals surface area contributed by atoms with Crippen LogP contribution in [0.2, 0.25) is 0 Å². The van der Waals surface area contributed by atoms with Gasteiger partial charge >= 0.3 is 5.97 Å². The minimum absolute atomic E-state index is 0.000268. The summed E-state index contributed by atoms with van der Waals surface area (Å²) in [7, 11) is 2.15. The molecule has 108 valence electrons. The first kappa shape index (κ1) is 13.4. The number of rotatable bonds is 2. The molecule has 0 amide bonds. The van der Waals surface area contributed by atoms with E-state index >= 15 is 0 Å². The summed E-state index contributed by atoms with van der Waals surface area (Å²) in [5.41, 5.74) is 0.524. The maximum atomic E-state index is 14.1. The molecule has 2 fully saturated rings. The molecule has 3 rings (SSSR count). The van der Waals surface area contributed by atoms with Crippen molar-refractivity contribution in [2.24, 2.45) is 0 Å². The first-order chi connectivity index (χ1) is 9.56. The van der Waals surface area contributed by atoms with Crippen molar-refractivity contribution in [3.05, 3.63) is 29.6 Å². The van der Waals surface area contributed by atoms with Gasteiger partial charge in [0.2, 0.25) is 0 Å². The predicted molar refractivity (Wildman–Crippen MR) is 74.8 cm³/mol. The molecule has 2 heterocycles. The number of anilines is 1. The normalized spacial score (nSPS) is 26.6. The average molecular weight is 278 g/mol. The second kappa shape index (κ2) is 5.05. The number of carbonyl (C=O) groups is 1. The molecule has 0 spiro atoms. The molecule has 5 heteroatoms. The lowest BCUT2D eigenvalue weighted by atomic mass is 10.1. The number of aromatic carboxylic acids is 1. The molecule has 2 aliphatic rings. The third-order valence-corrected chi connectivity index (χ3v) is 4.68. The van der Waals surface area contributed by atoms with Gasteiger partial charge in [0.1, 0.15) is 5.82 Å². The highest BCUT2D eigenvalue weighted by atomic mass is 19.1. The molecule has 2 aliphatic heterocycles. The summed E-state index contributed by atoms with van der Waals surface area (Å²) in [4.78, 5) is 15.3. The highest BCUT2D eigenvalue weighted by Crippen LogP contribution is 2.31. The number of benzene rings is 1. The second-order valence-electron chi connectivity index (χ2n) is 5.76. The van der Waals surface area contributed by atoms with E-state index in [0.29, 0.717) is 17.8 Å². The number of halogens is 1. The predicted octanol–water partition coefficient (Wildman–Crippen LogP) is 2.20. The van der Waals surface area contributed by atoms with Gasteiger partial charge in [-0.15, -0.1) is 0 Å². The van der Waals surface area contributed by atoms with Crippen molar-refractivity contribution in [1.82, 2.24) is 4.90 Å². The molecule has 1 N–H and O–H groups in total.